The lowest BCUT2D eigenvalue weighted by molar-refractivity contribution is -0.118. The molecule has 1 aliphatic rings. The first-order chi connectivity index (χ1) is 13.8. The molecule has 0 saturated heterocycles. The van der Waals surface area contributed by atoms with Crippen LogP contribution in [-0.2, 0) is 11.2 Å². The third-order valence-electron chi connectivity index (χ3n) is 4.41. The minimum absolute atomic E-state index is 0.0388. The average molecular weight is 417 g/mol. The van der Waals surface area contributed by atoms with Gasteiger partial charge in [0.15, 0.2) is 5.82 Å². The van der Waals surface area contributed by atoms with Crippen molar-refractivity contribution in [3.8, 4) is 0 Å². The van der Waals surface area contributed by atoms with Crippen molar-refractivity contribution in [2.75, 3.05) is 38.6 Å². The monoisotopic (exact) mass is 416 g/mol. The van der Waals surface area contributed by atoms with Gasteiger partial charge in [0, 0.05) is 32.2 Å². The number of carbonyl (C=O) groups excluding carboxylic acids is 1. The highest BCUT2D eigenvalue weighted by atomic mass is 32.1. The van der Waals surface area contributed by atoms with Crippen molar-refractivity contribution < 1.29 is 9.18 Å². The molecule has 154 valence electrons. The first-order valence-electron chi connectivity index (χ1n) is 9.38. The molecule has 3 heterocycles. The summed E-state index contributed by atoms with van der Waals surface area (Å²) in [5, 5.41) is 3.67. The molecule has 1 amide bonds. The minimum Gasteiger partial charge on any atom is -0.355 e. The Morgan fingerprint density at radius 2 is 2.14 bits per heavy atom. The maximum Gasteiger partial charge on any atom is 0.216 e. The number of rotatable bonds is 4. The Hall–Kier alpha value is -2.65. The number of aryl methyl sites for hydroxylation is 1. The smallest absolute Gasteiger partial charge is 0.216 e. The molecule has 1 N–H and O–H groups in total. The molecule has 0 spiro atoms. The number of hydrogen-bond donors (Lipinski definition) is 1. The van der Waals surface area contributed by atoms with Gasteiger partial charge in [0.25, 0.3) is 0 Å². The van der Waals surface area contributed by atoms with E-state index in [0.717, 1.165) is 58.5 Å². The summed E-state index contributed by atoms with van der Waals surface area (Å²) in [6.45, 7) is 5.92. The van der Waals surface area contributed by atoms with Gasteiger partial charge in [0.1, 0.15) is 22.5 Å². The normalized spacial score (nSPS) is 12.7. The van der Waals surface area contributed by atoms with Gasteiger partial charge in [-0.15, -0.1) is 0 Å². The first kappa shape index (κ1) is 21.1. The zero-order chi connectivity index (χ0) is 21.0. The second-order valence-corrected chi connectivity index (χ2v) is 8.23. The maximum atomic E-state index is 13.3. The largest absolute Gasteiger partial charge is 0.355 e. The molecule has 0 atom stereocenters. The standard InChI is InChI=1S/C14H11FN4S.C6H14N2O/c1-8-18-12-13(16-7-17-14(12)20-8)19-5-4-9-6-10(15)2-3-11(9)19;1-6(9)7-4-5-8(2)3/h2-3,6-7H,4-5H2,1H3;4-5H2,1-3H3,(H,7,9). The zero-order valence-corrected chi connectivity index (χ0v) is 17.9. The summed E-state index contributed by atoms with van der Waals surface area (Å²) in [7, 11) is 3.95. The molecule has 0 fully saturated rings. The van der Waals surface area contributed by atoms with Gasteiger partial charge in [-0.1, -0.05) is 11.3 Å². The molecule has 7 nitrogen and oxygen atoms in total. The van der Waals surface area contributed by atoms with Gasteiger partial charge in [-0.05, 0) is 51.2 Å². The summed E-state index contributed by atoms with van der Waals surface area (Å²) >= 11 is 1.56. The van der Waals surface area contributed by atoms with E-state index in [4.69, 9.17) is 0 Å². The molecule has 29 heavy (non-hydrogen) atoms. The molecule has 4 rings (SSSR count). The van der Waals surface area contributed by atoms with E-state index in [0.29, 0.717) is 0 Å². The number of carbonyl (C=O) groups is 1. The predicted octanol–water partition coefficient (Wildman–Crippen LogP) is 2.91. The molecular formula is C20H25FN6OS. The van der Waals surface area contributed by atoms with Gasteiger partial charge in [0.2, 0.25) is 5.91 Å². The Labute approximate surface area is 173 Å². The molecule has 3 aromatic rings. The number of nitrogens with one attached hydrogen (secondary N) is 1. The van der Waals surface area contributed by atoms with E-state index in [1.165, 1.54) is 13.0 Å². The Bertz CT molecular complexity index is 1010. The van der Waals surface area contributed by atoms with Crippen molar-refractivity contribution in [3.05, 3.63) is 40.9 Å². The fraction of sp³-hybridized carbons (Fsp3) is 0.400. The number of anilines is 2. The van der Waals surface area contributed by atoms with Gasteiger partial charge in [-0.2, -0.15) is 0 Å². The van der Waals surface area contributed by atoms with Crippen molar-refractivity contribution in [2.45, 2.75) is 20.3 Å². The van der Waals surface area contributed by atoms with Crippen LogP contribution in [0.2, 0.25) is 0 Å². The fourth-order valence-corrected chi connectivity index (χ4v) is 3.84. The fourth-order valence-electron chi connectivity index (χ4n) is 3.09. The highest BCUT2D eigenvalue weighted by Gasteiger charge is 2.24. The molecule has 0 aliphatic carbocycles. The second kappa shape index (κ2) is 9.23. The number of aromatic nitrogens is 3. The molecule has 0 radical (unpaired) electrons. The molecular weight excluding hydrogens is 391 g/mol. The molecule has 9 heteroatoms. The van der Waals surface area contributed by atoms with Crippen molar-refractivity contribution in [2.24, 2.45) is 0 Å². The summed E-state index contributed by atoms with van der Waals surface area (Å²) in [4.78, 5) is 28.5. The van der Waals surface area contributed by atoms with Crippen LogP contribution in [0, 0.1) is 12.7 Å². The summed E-state index contributed by atoms with van der Waals surface area (Å²) in [5.74, 6) is 0.657. The van der Waals surface area contributed by atoms with Gasteiger partial charge in [-0.25, -0.2) is 19.3 Å². The lowest BCUT2D eigenvalue weighted by Gasteiger charge is -2.18. The van der Waals surface area contributed by atoms with Gasteiger partial charge >= 0.3 is 0 Å². The van der Waals surface area contributed by atoms with Gasteiger partial charge < -0.3 is 15.1 Å². The molecule has 0 unspecified atom stereocenters. The Morgan fingerprint density at radius 3 is 2.86 bits per heavy atom. The third-order valence-corrected chi connectivity index (χ3v) is 5.29. The summed E-state index contributed by atoms with van der Waals surface area (Å²) in [6, 6.07) is 4.90. The van der Waals surface area contributed by atoms with E-state index < -0.39 is 0 Å². The number of benzene rings is 1. The molecule has 1 aliphatic heterocycles. The number of halogens is 1. The lowest BCUT2D eigenvalue weighted by atomic mass is 10.2. The van der Waals surface area contributed by atoms with Crippen LogP contribution in [0.25, 0.3) is 10.3 Å². The first-order valence-corrected chi connectivity index (χ1v) is 10.2. The van der Waals surface area contributed by atoms with Crippen LogP contribution in [0.1, 0.15) is 17.5 Å². The third kappa shape index (κ3) is 5.24. The van der Waals surface area contributed by atoms with Crippen LogP contribution in [0.5, 0.6) is 0 Å². The highest BCUT2D eigenvalue weighted by Crippen LogP contribution is 2.37. The number of nitrogens with zero attached hydrogens (tertiary/aromatic N) is 5. The van der Waals surface area contributed by atoms with Crippen molar-refractivity contribution >= 4 is 39.1 Å². The SMILES string of the molecule is CC(=O)NCCN(C)C.Cc1nc2c(N3CCc4cc(F)ccc43)ncnc2s1. The Balaban J connectivity index is 0.000000229. The van der Waals surface area contributed by atoms with E-state index >= 15 is 0 Å². The van der Waals surface area contributed by atoms with Crippen molar-refractivity contribution in [3.63, 3.8) is 0 Å². The van der Waals surface area contributed by atoms with E-state index in [-0.39, 0.29) is 11.7 Å². The molecule has 1 aromatic carbocycles. The van der Waals surface area contributed by atoms with Crippen LogP contribution in [0.3, 0.4) is 0 Å². The number of amides is 1. The Kier molecular flexibility index (Phi) is 6.71. The Morgan fingerprint density at radius 1 is 1.34 bits per heavy atom. The topological polar surface area (TPSA) is 74.2 Å². The predicted molar refractivity (Wildman–Crippen MR) is 114 cm³/mol. The van der Waals surface area contributed by atoms with Gasteiger partial charge in [0.05, 0.1) is 5.01 Å². The van der Waals surface area contributed by atoms with E-state index in [9.17, 15) is 9.18 Å². The number of fused-ring (bicyclic) bond motifs is 2. The lowest BCUT2D eigenvalue weighted by Crippen LogP contribution is -2.29. The quantitative estimate of drug-likeness (QED) is 0.705. The minimum atomic E-state index is -0.192. The van der Waals surface area contributed by atoms with E-state index in [2.05, 4.69) is 25.2 Å². The average Bonchev–Trinajstić information content (AvgIpc) is 3.23. The second-order valence-electron chi connectivity index (χ2n) is 7.04. The van der Waals surface area contributed by atoms with Crippen molar-refractivity contribution in [1.82, 2.24) is 25.2 Å². The van der Waals surface area contributed by atoms with Crippen LogP contribution >= 0.6 is 11.3 Å². The van der Waals surface area contributed by atoms with Crippen LogP contribution in [0.15, 0.2) is 24.5 Å². The van der Waals surface area contributed by atoms with Crippen LogP contribution in [-0.4, -0.2) is 59.5 Å². The summed E-state index contributed by atoms with van der Waals surface area (Å²) in [5.41, 5.74) is 2.85. The van der Waals surface area contributed by atoms with Gasteiger partial charge in [-0.3, -0.25) is 4.79 Å². The highest BCUT2D eigenvalue weighted by molar-refractivity contribution is 7.18. The van der Waals surface area contributed by atoms with Crippen LogP contribution < -0.4 is 10.2 Å². The zero-order valence-electron chi connectivity index (χ0n) is 17.1. The molecule has 2 aromatic heterocycles. The molecule has 0 bridgehead atoms. The van der Waals surface area contributed by atoms with E-state index in [1.54, 1.807) is 23.7 Å². The van der Waals surface area contributed by atoms with Crippen LogP contribution in [0.4, 0.5) is 15.9 Å². The summed E-state index contributed by atoms with van der Waals surface area (Å²) in [6.07, 6.45) is 2.39. The number of likely N-dealkylation sites (N-methyl/N-ethyl adjacent to an activating group) is 1. The maximum absolute atomic E-state index is 13.3. The number of hydrogen-bond acceptors (Lipinski definition) is 7. The summed E-state index contributed by atoms with van der Waals surface area (Å²) < 4.78 is 13.3. The molecule has 0 saturated carbocycles. The number of thiazole rings is 1. The van der Waals surface area contributed by atoms with E-state index in [1.807, 2.05) is 32.0 Å². The van der Waals surface area contributed by atoms with Crippen molar-refractivity contribution in [1.29, 1.82) is 0 Å².